The largest absolute Gasteiger partial charge is 0.420 e. The predicted molar refractivity (Wildman–Crippen MR) is 106 cm³/mol. The molecule has 0 amide bonds. The van der Waals surface area contributed by atoms with E-state index in [1.165, 1.54) is 29.1 Å². The molecule has 2 aromatic heterocycles. The van der Waals surface area contributed by atoms with E-state index in [9.17, 15) is 17.6 Å². The molecule has 8 nitrogen and oxygen atoms in total. The monoisotopic (exact) mass is 434 g/mol. The first-order valence-electron chi connectivity index (χ1n) is 8.55. The molecular formula is C18H15FN4O4S2. The molecule has 0 unspecified atom stereocenters. The van der Waals surface area contributed by atoms with Gasteiger partial charge in [-0.3, -0.25) is 13.7 Å². The number of hydrogen-bond donors (Lipinski definition) is 1. The molecule has 1 N–H and O–H groups in total. The van der Waals surface area contributed by atoms with Gasteiger partial charge in [0.25, 0.3) is 10.0 Å². The molecule has 4 aromatic rings. The fourth-order valence-corrected chi connectivity index (χ4v) is 4.77. The van der Waals surface area contributed by atoms with Crippen molar-refractivity contribution < 1.29 is 17.2 Å². The molecular weight excluding hydrogens is 419 g/mol. The number of sulfonamides is 1. The molecule has 4 rings (SSSR count). The van der Waals surface area contributed by atoms with Crippen molar-refractivity contribution in [3.63, 3.8) is 0 Å². The second-order valence-electron chi connectivity index (χ2n) is 6.12. The zero-order valence-corrected chi connectivity index (χ0v) is 16.5. The number of halogens is 1. The molecule has 0 saturated carbocycles. The van der Waals surface area contributed by atoms with Crippen LogP contribution in [0.5, 0.6) is 0 Å². The van der Waals surface area contributed by atoms with Crippen LogP contribution >= 0.6 is 11.5 Å². The molecule has 0 saturated heterocycles. The topological polar surface area (TPSA) is 107 Å². The Morgan fingerprint density at radius 2 is 2.00 bits per heavy atom. The van der Waals surface area contributed by atoms with Crippen LogP contribution in [0.1, 0.15) is 18.0 Å². The van der Waals surface area contributed by atoms with Crippen LogP contribution in [0.4, 0.5) is 9.52 Å². The second kappa shape index (κ2) is 7.76. The summed E-state index contributed by atoms with van der Waals surface area (Å²) in [6, 6.07) is 12.6. The third-order valence-corrected chi connectivity index (χ3v) is 6.40. The maximum atomic E-state index is 13.2. The van der Waals surface area contributed by atoms with Gasteiger partial charge in [0.05, 0.1) is 23.1 Å². The van der Waals surface area contributed by atoms with Gasteiger partial charge in [-0.25, -0.2) is 18.2 Å². The lowest BCUT2D eigenvalue weighted by Gasteiger charge is -2.17. The number of anilines is 1. The highest BCUT2D eigenvalue weighted by molar-refractivity contribution is 7.93. The average Bonchev–Trinajstić information content (AvgIpc) is 3.32. The Morgan fingerprint density at radius 3 is 2.69 bits per heavy atom. The lowest BCUT2D eigenvalue weighted by Crippen LogP contribution is -2.22. The van der Waals surface area contributed by atoms with Crippen LogP contribution < -0.4 is 10.5 Å². The Kier molecular flexibility index (Phi) is 5.16. The van der Waals surface area contributed by atoms with Crippen LogP contribution in [0.2, 0.25) is 0 Å². The van der Waals surface area contributed by atoms with Gasteiger partial charge >= 0.3 is 5.76 Å². The number of nitrogens with zero attached hydrogens (tertiary/aromatic N) is 3. The van der Waals surface area contributed by atoms with Gasteiger partial charge in [0.15, 0.2) is 5.58 Å². The lowest BCUT2D eigenvalue weighted by atomic mass is 10.0. The molecule has 0 fully saturated rings. The van der Waals surface area contributed by atoms with Crippen molar-refractivity contribution in [1.29, 1.82) is 0 Å². The summed E-state index contributed by atoms with van der Waals surface area (Å²) in [5.41, 5.74) is 1.23. The summed E-state index contributed by atoms with van der Waals surface area (Å²) in [4.78, 5) is 16.2. The highest BCUT2D eigenvalue weighted by atomic mass is 32.2. The first kappa shape index (κ1) is 19.3. The van der Waals surface area contributed by atoms with E-state index in [-0.39, 0.29) is 22.0 Å². The van der Waals surface area contributed by atoms with E-state index in [2.05, 4.69) is 14.1 Å². The van der Waals surface area contributed by atoms with E-state index in [1.807, 2.05) is 6.07 Å². The van der Waals surface area contributed by atoms with Gasteiger partial charge in [0, 0.05) is 24.0 Å². The van der Waals surface area contributed by atoms with Gasteiger partial charge in [0.2, 0.25) is 5.13 Å². The average molecular weight is 434 g/mol. The van der Waals surface area contributed by atoms with Gasteiger partial charge in [-0.05, 0) is 17.7 Å². The summed E-state index contributed by atoms with van der Waals surface area (Å²) in [5.74, 6) is -0.686. The van der Waals surface area contributed by atoms with Crippen LogP contribution in [0.15, 0.2) is 69.0 Å². The zero-order valence-electron chi connectivity index (χ0n) is 14.9. The first-order chi connectivity index (χ1) is 14.0. The van der Waals surface area contributed by atoms with Crippen molar-refractivity contribution in [3.8, 4) is 0 Å². The zero-order chi connectivity index (χ0) is 20.4. The van der Waals surface area contributed by atoms with Crippen LogP contribution in [-0.4, -0.2) is 29.0 Å². The maximum absolute atomic E-state index is 13.2. The molecule has 150 valence electrons. The van der Waals surface area contributed by atoms with Crippen molar-refractivity contribution in [2.24, 2.45) is 0 Å². The fraction of sp³-hybridized carbons (Fsp3) is 0.167. The minimum absolute atomic E-state index is 0.0806. The molecule has 2 aromatic carbocycles. The molecule has 0 aliphatic carbocycles. The summed E-state index contributed by atoms with van der Waals surface area (Å²) < 4.78 is 51.0. The fourth-order valence-electron chi connectivity index (χ4n) is 3.09. The third kappa shape index (κ3) is 3.78. The molecule has 2 heterocycles. The number of oxazole rings is 1. The normalized spacial score (nSPS) is 12.9. The van der Waals surface area contributed by atoms with Crippen LogP contribution in [0.3, 0.4) is 0 Å². The summed E-state index contributed by atoms with van der Waals surface area (Å²) in [6.07, 6.45) is 1.32. The molecule has 0 radical (unpaired) electrons. The Labute approximate surface area is 168 Å². The van der Waals surface area contributed by atoms with Crippen LogP contribution in [0.25, 0.3) is 11.1 Å². The minimum Gasteiger partial charge on any atom is -0.408 e. The molecule has 0 spiro atoms. The smallest absolute Gasteiger partial charge is 0.408 e. The number of alkyl halides is 1. The van der Waals surface area contributed by atoms with E-state index >= 15 is 0 Å². The molecule has 11 heteroatoms. The van der Waals surface area contributed by atoms with Crippen molar-refractivity contribution >= 4 is 37.8 Å². The Hall–Kier alpha value is -3.05. The van der Waals surface area contributed by atoms with Gasteiger partial charge in [-0.2, -0.15) is 4.37 Å². The van der Waals surface area contributed by atoms with Gasteiger partial charge in [-0.15, -0.1) is 0 Å². The molecule has 0 aliphatic heterocycles. The van der Waals surface area contributed by atoms with Gasteiger partial charge in [0.1, 0.15) is 6.33 Å². The summed E-state index contributed by atoms with van der Waals surface area (Å²) >= 11 is 0.897. The molecule has 0 bridgehead atoms. The predicted octanol–water partition coefficient (Wildman–Crippen LogP) is 3.20. The number of fused-ring (bicyclic) bond motifs is 1. The highest BCUT2D eigenvalue weighted by Crippen LogP contribution is 2.27. The Balaban J connectivity index is 1.78. The van der Waals surface area contributed by atoms with Gasteiger partial charge < -0.3 is 4.42 Å². The van der Waals surface area contributed by atoms with Crippen LogP contribution in [0, 0.1) is 0 Å². The summed E-state index contributed by atoms with van der Waals surface area (Å²) in [6.45, 7) is -0.628. The highest BCUT2D eigenvalue weighted by Gasteiger charge is 2.23. The Morgan fingerprint density at radius 1 is 1.21 bits per heavy atom. The van der Waals surface area contributed by atoms with E-state index < -0.39 is 28.5 Å². The van der Waals surface area contributed by atoms with Crippen molar-refractivity contribution in [2.75, 3.05) is 11.4 Å². The number of nitrogens with one attached hydrogen (secondary N) is 1. The number of rotatable bonds is 7. The minimum atomic E-state index is -3.93. The molecule has 29 heavy (non-hydrogen) atoms. The van der Waals surface area contributed by atoms with E-state index in [0.29, 0.717) is 5.52 Å². The standard InChI is InChI=1S/C18H15FN4O4S2/c19-9-8-14(12-4-2-1-3-5-12)23-15-7-6-13(10-16(15)27-18(23)24)29(25,26)22-17-20-11-21-28-17/h1-7,10-11,14H,8-9H2,(H,20,21,22)/t14-/m1/s1. The first-order valence-corrected chi connectivity index (χ1v) is 10.8. The lowest BCUT2D eigenvalue weighted by molar-refractivity contribution is 0.395. The van der Waals surface area contributed by atoms with E-state index in [0.717, 1.165) is 17.1 Å². The van der Waals surface area contributed by atoms with Crippen molar-refractivity contribution in [3.05, 3.63) is 71.0 Å². The SMILES string of the molecule is O=c1oc2cc(S(=O)(=O)Nc3ncns3)ccc2n1[C@H](CCF)c1ccccc1. The maximum Gasteiger partial charge on any atom is 0.420 e. The number of hydrogen-bond acceptors (Lipinski definition) is 7. The quantitative estimate of drug-likeness (QED) is 0.479. The number of aromatic nitrogens is 3. The summed E-state index contributed by atoms with van der Waals surface area (Å²) in [7, 11) is -3.93. The van der Waals surface area contributed by atoms with Gasteiger partial charge in [-0.1, -0.05) is 30.3 Å². The van der Waals surface area contributed by atoms with E-state index in [4.69, 9.17) is 4.42 Å². The molecule has 0 aliphatic rings. The molecule has 1 atom stereocenters. The number of benzene rings is 2. The van der Waals surface area contributed by atoms with E-state index in [1.54, 1.807) is 24.3 Å². The van der Waals surface area contributed by atoms with Crippen LogP contribution in [-0.2, 0) is 10.0 Å². The summed E-state index contributed by atoms with van der Waals surface area (Å²) in [5, 5.41) is 0.121. The Bertz CT molecular complexity index is 1280. The van der Waals surface area contributed by atoms with Crippen molar-refractivity contribution in [2.45, 2.75) is 17.4 Å². The van der Waals surface area contributed by atoms with Crippen molar-refractivity contribution in [1.82, 2.24) is 13.9 Å². The third-order valence-electron chi connectivity index (χ3n) is 4.36. The second-order valence-corrected chi connectivity index (χ2v) is 8.59.